The molecule has 1 amide bonds. The average Bonchev–Trinajstić information content (AvgIpc) is 2.78. The molecule has 3 aromatic carbocycles. The van der Waals surface area contributed by atoms with E-state index in [9.17, 15) is 4.79 Å². The van der Waals surface area contributed by atoms with Gasteiger partial charge in [0.25, 0.3) is 5.91 Å². The summed E-state index contributed by atoms with van der Waals surface area (Å²) in [6.07, 6.45) is 1.53. The molecule has 0 aliphatic rings. The first-order valence-electron chi connectivity index (χ1n) is 9.12. The molecule has 154 valence electrons. The maximum atomic E-state index is 12.2. The Morgan fingerprint density at radius 3 is 2.60 bits per heavy atom. The molecule has 0 bridgehead atoms. The Balaban J connectivity index is 1.63. The first-order valence-corrected chi connectivity index (χ1v) is 9.50. The largest absolute Gasteiger partial charge is 0.497 e. The number of hydrogen-bond acceptors (Lipinski definition) is 5. The van der Waals surface area contributed by atoms with Crippen LogP contribution in [0.1, 0.15) is 21.5 Å². The third-order valence-electron chi connectivity index (χ3n) is 4.24. The van der Waals surface area contributed by atoms with E-state index >= 15 is 0 Å². The minimum Gasteiger partial charge on any atom is -0.497 e. The van der Waals surface area contributed by atoms with Gasteiger partial charge in [-0.2, -0.15) is 5.10 Å². The standard InChI is InChI=1S/C23H21ClN2O4/c1-28-19-8-5-7-17(13-19)23(27)26-25-14-16-10-11-21(22(12-16)29-2)30-15-18-6-3-4-9-20(18)24/h3-14H,15H2,1-2H3,(H,26,27)/b25-14-. The zero-order valence-electron chi connectivity index (χ0n) is 16.6. The third kappa shape index (κ3) is 5.52. The Kier molecular flexibility index (Phi) is 7.29. The fourth-order valence-electron chi connectivity index (χ4n) is 2.65. The van der Waals surface area contributed by atoms with Crippen LogP contribution in [-0.4, -0.2) is 26.3 Å². The fraction of sp³-hybridized carbons (Fsp3) is 0.130. The number of ether oxygens (including phenoxy) is 3. The van der Waals surface area contributed by atoms with Crippen molar-refractivity contribution in [3.63, 3.8) is 0 Å². The van der Waals surface area contributed by atoms with Crippen molar-refractivity contribution < 1.29 is 19.0 Å². The predicted molar refractivity (Wildman–Crippen MR) is 117 cm³/mol. The molecule has 6 nitrogen and oxygen atoms in total. The molecule has 0 aliphatic carbocycles. The van der Waals surface area contributed by atoms with Gasteiger partial charge in [-0.15, -0.1) is 0 Å². The van der Waals surface area contributed by atoms with Gasteiger partial charge in [0.15, 0.2) is 11.5 Å². The van der Waals surface area contributed by atoms with Crippen molar-refractivity contribution in [2.24, 2.45) is 5.10 Å². The number of nitrogens with one attached hydrogen (secondary N) is 1. The van der Waals surface area contributed by atoms with E-state index in [4.69, 9.17) is 25.8 Å². The quantitative estimate of drug-likeness (QED) is 0.420. The van der Waals surface area contributed by atoms with E-state index in [1.54, 1.807) is 50.6 Å². The summed E-state index contributed by atoms with van der Waals surface area (Å²) in [6, 6.07) is 19.7. The minimum absolute atomic E-state index is 0.320. The lowest BCUT2D eigenvalue weighted by atomic mass is 10.2. The van der Waals surface area contributed by atoms with Crippen molar-refractivity contribution in [1.29, 1.82) is 0 Å². The molecule has 0 saturated carbocycles. The number of hydrazone groups is 1. The van der Waals surface area contributed by atoms with Crippen LogP contribution in [0.2, 0.25) is 5.02 Å². The molecule has 0 heterocycles. The highest BCUT2D eigenvalue weighted by molar-refractivity contribution is 6.31. The van der Waals surface area contributed by atoms with Crippen LogP contribution >= 0.6 is 11.6 Å². The summed E-state index contributed by atoms with van der Waals surface area (Å²) >= 11 is 6.16. The maximum Gasteiger partial charge on any atom is 0.271 e. The van der Waals surface area contributed by atoms with Crippen LogP contribution in [0.5, 0.6) is 17.2 Å². The normalized spacial score (nSPS) is 10.6. The SMILES string of the molecule is COc1cccc(C(=O)N/N=C\c2ccc(OCc3ccccc3Cl)c(OC)c2)c1. The van der Waals surface area contributed by atoms with Gasteiger partial charge in [0.2, 0.25) is 0 Å². The van der Waals surface area contributed by atoms with Crippen LogP contribution in [-0.2, 0) is 6.61 Å². The Morgan fingerprint density at radius 2 is 1.83 bits per heavy atom. The summed E-state index contributed by atoms with van der Waals surface area (Å²) in [6.45, 7) is 0.320. The fourth-order valence-corrected chi connectivity index (χ4v) is 2.84. The van der Waals surface area contributed by atoms with Gasteiger partial charge in [-0.3, -0.25) is 4.79 Å². The van der Waals surface area contributed by atoms with E-state index in [0.29, 0.717) is 34.4 Å². The highest BCUT2D eigenvalue weighted by Gasteiger charge is 2.08. The molecule has 0 aromatic heterocycles. The van der Waals surface area contributed by atoms with Crippen LogP contribution in [0.25, 0.3) is 0 Å². The van der Waals surface area contributed by atoms with E-state index in [-0.39, 0.29) is 5.91 Å². The molecule has 0 atom stereocenters. The molecule has 3 rings (SSSR count). The monoisotopic (exact) mass is 424 g/mol. The molecule has 1 N–H and O–H groups in total. The number of halogens is 1. The number of hydrogen-bond donors (Lipinski definition) is 1. The predicted octanol–water partition coefficient (Wildman–Crippen LogP) is 4.70. The van der Waals surface area contributed by atoms with E-state index < -0.39 is 0 Å². The van der Waals surface area contributed by atoms with Gasteiger partial charge in [0.05, 0.1) is 20.4 Å². The first kappa shape index (κ1) is 21.2. The molecule has 0 spiro atoms. The lowest BCUT2D eigenvalue weighted by Crippen LogP contribution is -2.17. The van der Waals surface area contributed by atoms with Crippen molar-refractivity contribution in [3.8, 4) is 17.2 Å². The van der Waals surface area contributed by atoms with Gasteiger partial charge in [-0.05, 0) is 48.0 Å². The van der Waals surface area contributed by atoms with E-state index in [2.05, 4.69) is 10.5 Å². The first-order chi connectivity index (χ1) is 14.6. The number of methoxy groups -OCH3 is 2. The number of nitrogens with zero attached hydrogens (tertiary/aromatic N) is 1. The third-order valence-corrected chi connectivity index (χ3v) is 4.61. The van der Waals surface area contributed by atoms with Gasteiger partial charge in [0, 0.05) is 16.1 Å². The lowest BCUT2D eigenvalue weighted by molar-refractivity contribution is 0.0955. The number of carbonyl (C=O) groups excluding carboxylic acids is 1. The second-order valence-electron chi connectivity index (χ2n) is 6.22. The molecule has 30 heavy (non-hydrogen) atoms. The minimum atomic E-state index is -0.336. The van der Waals surface area contributed by atoms with Crippen molar-refractivity contribution in [3.05, 3.63) is 88.4 Å². The summed E-state index contributed by atoms with van der Waals surface area (Å²) in [7, 11) is 3.10. The van der Waals surface area contributed by atoms with Crippen molar-refractivity contribution in [2.45, 2.75) is 6.61 Å². The van der Waals surface area contributed by atoms with Crippen LogP contribution in [0, 0.1) is 0 Å². The summed E-state index contributed by atoms with van der Waals surface area (Å²) in [4.78, 5) is 12.2. The molecular formula is C23H21ClN2O4. The van der Waals surface area contributed by atoms with E-state index in [1.807, 2.05) is 30.3 Å². The number of rotatable bonds is 8. The maximum absolute atomic E-state index is 12.2. The smallest absolute Gasteiger partial charge is 0.271 e. The number of carbonyl (C=O) groups is 1. The Bertz CT molecular complexity index is 1050. The Morgan fingerprint density at radius 1 is 1.00 bits per heavy atom. The Hall–Kier alpha value is -3.51. The van der Waals surface area contributed by atoms with Crippen LogP contribution < -0.4 is 19.6 Å². The molecule has 0 aliphatic heterocycles. The van der Waals surface area contributed by atoms with Crippen molar-refractivity contribution in [2.75, 3.05) is 14.2 Å². The van der Waals surface area contributed by atoms with E-state index in [0.717, 1.165) is 11.1 Å². The molecule has 7 heteroatoms. The molecule has 3 aromatic rings. The second kappa shape index (κ2) is 10.3. The number of benzene rings is 3. The summed E-state index contributed by atoms with van der Waals surface area (Å²) in [5.41, 5.74) is 4.56. The van der Waals surface area contributed by atoms with Crippen LogP contribution in [0.15, 0.2) is 71.8 Å². The van der Waals surface area contributed by atoms with E-state index in [1.165, 1.54) is 6.21 Å². The summed E-state index contributed by atoms with van der Waals surface area (Å²) in [5.74, 6) is 1.39. The van der Waals surface area contributed by atoms with Crippen LogP contribution in [0.3, 0.4) is 0 Å². The van der Waals surface area contributed by atoms with Gasteiger partial charge in [-0.25, -0.2) is 5.43 Å². The molecule has 0 fully saturated rings. The van der Waals surface area contributed by atoms with Gasteiger partial charge < -0.3 is 14.2 Å². The lowest BCUT2D eigenvalue weighted by Gasteiger charge is -2.12. The van der Waals surface area contributed by atoms with Crippen molar-refractivity contribution in [1.82, 2.24) is 5.43 Å². The van der Waals surface area contributed by atoms with Crippen LogP contribution in [0.4, 0.5) is 0 Å². The second-order valence-corrected chi connectivity index (χ2v) is 6.63. The Labute approximate surface area is 180 Å². The molecule has 0 unspecified atom stereocenters. The van der Waals surface area contributed by atoms with Gasteiger partial charge in [0.1, 0.15) is 12.4 Å². The highest BCUT2D eigenvalue weighted by Crippen LogP contribution is 2.29. The molecule has 0 radical (unpaired) electrons. The molecular weight excluding hydrogens is 404 g/mol. The average molecular weight is 425 g/mol. The summed E-state index contributed by atoms with van der Waals surface area (Å²) in [5, 5.41) is 4.65. The zero-order chi connectivity index (χ0) is 21.3. The topological polar surface area (TPSA) is 69.2 Å². The highest BCUT2D eigenvalue weighted by atomic mass is 35.5. The summed E-state index contributed by atoms with van der Waals surface area (Å²) < 4.78 is 16.4. The van der Waals surface area contributed by atoms with Gasteiger partial charge >= 0.3 is 0 Å². The zero-order valence-corrected chi connectivity index (χ0v) is 17.3. The van der Waals surface area contributed by atoms with Crippen molar-refractivity contribution >= 4 is 23.7 Å². The van der Waals surface area contributed by atoms with Gasteiger partial charge in [-0.1, -0.05) is 35.9 Å². The number of amides is 1. The molecule has 0 saturated heterocycles.